The van der Waals surface area contributed by atoms with Gasteiger partial charge in [-0.3, -0.25) is 14.9 Å². The van der Waals surface area contributed by atoms with E-state index in [1.165, 1.54) is 4.68 Å². The molecule has 1 fully saturated rings. The van der Waals surface area contributed by atoms with Gasteiger partial charge in [-0.25, -0.2) is 4.68 Å². The first-order valence-electron chi connectivity index (χ1n) is 5.98. The zero-order chi connectivity index (χ0) is 14.3. The molecule has 0 aliphatic carbocycles. The first-order chi connectivity index (χ1) is 8.82. The maximum Gasteiger partial charge on any atom is 0.333 e. The highest BCUT2D eigenvalue weighted by atomic mass is 16.6. The van der Waals surface area contributed by atoms with Crippen molar-refractivity contribution in [2.75, 3.05) is 18.0 Å². The standard InChI is InChI=1S/C11H16N4O4/c1-6-4-14(5-8(6)11(16)17)10-9(15(18)19)7(2)12-13(10)3/h6,8H,4-5H2,1-3H3,(H,16,17)/t6-,8-/m1/s1. The Labute approximate surface area is 109 Å². The summed E-state index contributed by atoms with van der Waals surface area (Å²) in [4.78, 5) is 23.5. The van der Waals surface area contributed by atoms with Crippen molar-refractivity contribution in [3.05, 3.63) is 15.8 Å². The van der Waals surface area contributed by atoms with E-state index in [-0.39, 0.29) is 18.2 Å². The summed E-state index contributed by atoms with van der Waals surface area (Å²) in [7, 11) is 1.63. The van der Waals surface area contributed by atoms with Crippen molar-refractivity contribution in [3.63, 3.8) is 0 Å². The number of rotatable bonds is 3. The maximum absolute atomic E-state index is 11.1. The average molecular weight is 268 g/mol. The second-order valence-corrected chi connectivity index (χ2v) is 4.97. The number of carbonyl (C=O) groups is 1. The molecular weight excluding hydrogens is 252 g/mol. The van der Waals surface area contributed by atoms with Crippen LogP contribution in [-0.2, 0) is 11.8 Å². The van der Waals surface area contributed by atoms with Gasteiger partial charge in [0, 0.05) is 20.1 Å². The highest BCUT2D eigenvalue weighted by Gasteiger charge is 2.39. The number of carboxylic acid groups (broad SMARTS) is 1. The zero-order valence-electron chi connectivity index (χ0n) is 11.0. The van der Waals surface area contributed by atoms with E-state index in [1.54, 1.807) is 18.9 Å². The van der Waals surface area contributed by atoms with Crippen LogP contribution in [0.2, 0.25) is 0 Å². The van der Waals surface area contributed by atoms with Crippen molar-refractivity contribution in [3.8, 4) is 0 Å². The summed E-state index contributed by atoms with van der Waals surface area (Å²) in [6, 6.07) is 0. The van der Waals surface area contributed by atoms with Crippen LogP contribution in [0.4, 0.5) is 11.5 Å². The first-order valence-corrected chi connectivity index (χ1v) is 5.98. The second kappa shape index (κ2) is 4.52. The molecule has 2 atom stereocenters. The van der Waals surface area contributed by atoms with Gasteiger partial charge in [0.2, 0.25) is 5.82 Å². The lowest BCUT2D eigenvalue weighted by Crippen LogP contribution is -2.25. The largest absolute Gasteiger partial charge is 0.481 e. The molecule has 19 heavy (non-hydrogen) atoms. The Bertz CT molecular complexity index is 539. The fourth-order valence-corrected chi connectivity index (χ4v) is 2.66. The van der Waals surface area contributed by atoms with Gasteiger partial charge >= 0.3 is 11.7 Å². The summed E-state index contributed by atoms with van der Waals surface area (Å²) in [5.74, 6) is -1.03. The molecule has 104 valence electrons. The van der Waals surface area contributed by atoms with Crippen LogP contribution in [0.1, 0.15) is 12.6 Å². The number of anilines is 1. The number of nitrogens with zero attached hydrogens (tertiary/aromatic N) is 4. The molecule has 1 aliphatic heterocycles. The summed E-state index contributed by atoms with van der Waals surface area (Å²) >= 11 is 0. The minimum absolute atomic E-state index is 0.0410. The van der Waals surface area contributed by atoms with Crippen molar-refractivity contribution in [1.82, 2.24) is 9.78 Å². The predicted molar refractivity (Wildman–Crippen MR) is 67.1 cm³/mol. The van der Waals surface area contributed by atoms with Crippen LogP contribution < -0.4 is 4.90 Å². The van der Waals surface area contributed by atoms with E-state index >= 15 is 0 Å². The molecule has 1 aromatic heterocycles. The van der Waals surface area contributed by atoms with E-state index in [9.17, 15) is 14.9 Å². The number of aryl methyl sites for hydroxylation is 2. The third-order valence-electron chi connectivity index (χ3n) is 3.57. The van der Waals surface area contributed by atoms with Crippen LogP contribution in [-0.4, -0.2) is 38.9 Å². The van der Waals surface area contributed by atoms with Gasteiger partial charge in [0.05, 0.1) is 10.8 Å². The minimum atomic E-state index is -0.864. The molecule has 1 aliphatic rings. The molecule has 8 heteroatoms. The lowest BCUT2D eigenvalue weighted by Gasteiger charge is -2.16. The van der Waals surface area contributed by atoms with E-state index in [1.807, 2.05) is 6.92 Å². The summed E-state index contributed by atoms with van der Waals surface area (Å²) < 4.78 is 1.45. The molecule has 8 nitrogen and oxygen atoms in total. The molecule has 2 rings (SSSR count). The number of hydrogen-bond acceptors (Lipinski definition) is 5. The van der Waals surface area contributed by atoms with Crippen LogP contribution in [0.3, 0.4) is 0 Å². The minimum Gasteiger partial charge on any atom is -0.481 e. The van der Waals surface area contributed by atoms with Gasteiger partial charge in [-0.1, -0.05) is 6.92 Å². The quantitative estimate of drug-likeness (QED) is 0.642. The normalized spacial score (nSPS) is 22.8. The SMILES string of the molecule is Cc1nn(C)c(N2C[C@@H](C)[C@H](C(=O)O)C2)c1[N+](=O)[O-]. The fraction of sp³-hybridized carbons (Fsp3) is 0.636. The molecule has 2 heterocycles. The maximum atomic E-state index is 11.1. The number of aromatic nitrogens is 2. The van der Waals surface area contributed by atoms with Crippen molar-refractivity contribution < 1.29 is 14.8 Å². The van der Waals surface area contributed by atoms with Gasteiger partial charge in [-0.2, -0.15) is 5.10 Å². The molecule has 1 aromatic rings. The fourth-order valence-electron chi connectivity index (χ4n) is 2.66. The predicted octanol–water partition coefficient (Wildman–Crippen LogP) is 0.794. The van der Waals surface area contributed by atoms with Gasteiger partial charge < -0.3 is 10.0 Å². The van der Waals surface area contributed by atoms with Crippen LogP contribution in [0, 0.1) is 28.9 Å². The van der Waals surface area contributed by atoms with E-state index in [0.717, 1.165) is 0 Å². The van der Waals surface area contributed by atoms with Gasteiger partial charge in [-0.05, 0) is 12.8 Å². The molecule has 0 spiro atoms. The Balaban J connectivity index is 2.39. The van der Waals surface area contributed by atoms with Gasteiger partial charge in [0.1, 0.15) is 5.69 Å². The molecule has 0 bridgehead atoms. The summed E-state index contributed by atoms with van der Waals surface area (Å²) in [5, 5.41) is 24.3. The Hall–Kier alpha value is -2.12. The third-order valence-corrected chi connectivity index (χ3v) is 3.57. The van der Waals surface area contributed by atoms with Crippen molar-refractivity contribution in [2.45, 2.75) is 13.8 Å². The molecule has 0 aromatic carbocycles. The molecule has 0 radical (unpaired) electrons. The lowest BCUT2D eigenvalue weighted by atomic mass is 9.99. The third kappa shape index (κ3) is 2.13. The number of hydrogen-bond donors (Lipinski definition) is 1. The number of nitro groups is 1. The van der Waals surface area contributed by atoms with E-state index in [2.05, 4.69) is 5.10 Å². The van der Waals surface area contributed by atoms with Crippen LogP contribution in [0.15, 0.2) is 0 Å². The Kier molecular flexibility index (Phi) is 3.17. The summed E-state index contributed by atoms with van der Waals surface area (Å²) in [5.41, 5.74) is 0.301. The monoisotopic (exact) mass is 268 g/mol. The van der Waals surface area contributed by atoms with Crippen LogP contribution in [0.5, 0.6) is 0 Å². The molecule has 0 saturated carbocycles. The summed E-state index contributed by atoms with van der Waals surface area (Å²) in [6.07, 6.45) is 0. The highest BCUT2D eigenvalue weighted by Crippen LogP contribution is 2.35. The zero-order valence-corrected chi connectivity index (χ0v) is 11.0. The number of carboxylic acids is 1. The van der Waals surface area contributed by atoms with Crippen molar-refractivity contribution in [2.24, 2.45) is 18.9 Å². The van der Waals surface area contributed by atoms with Gasteiger partial charge in [-0.15, -0.1) is 0 Å². The van der Waals surface area contributed by atoms with Gasteiger partial charge in [0.15, 0.2) is 0 Å². The lowest BCUT2D eigenvalue weighted by molar-refractivity contribution is -0.384. The van der Waals surface area contributed by atoms with E-state index in [0.29, 0.717) is 18.1 Å². The van der Waals surface area contributed by atoms with Crippen molar-refractivity contribution >= 4 is 17.5 Å². The average Bonchev–Trinajstić information content (AvgIpc) is 2.78. The van der Waals surface area contributed by atoms with Crippen LogP contribution in [0.25, 0.3) is 0 Å². The Morgan fingerprint density at radius 3 is 2.63 bits per heavy atom. The highest BCUT2D eigenvalue weighted by molar-refractivity contribution is 5.73. The Morgan fingerprint density at radius 1 is 1.53 bits per heavy atom. The van der Waals surface area contributed by atoms with E-state index in [4.69, 9.17) is 5.11 Å². The number of aliphatic carboxylic acids is 1. The van der Waals surface area contributed by atoms with E-state index < -0.39 is 16.8 Å². The Morgan fingerprint density at radius 2 is 2.16 bits per heavy atom. The molecule has 1 saturated heterocycles. The second-order valence-electron chi connectivity index (χ2n) is 4.97. The topological polar surface area (TPSA) is 102 Å². The molecule has 0 unspecified atom stereocenters. The smallest absolute Gasteiger partial charge is 0.333 e. The molecule has 1 N–H and O–H groups in total. The molecular formula is C11H16N4O4. The first kappa shape index (κ1) is 13.3. The summed E-state index contributed by atoms with van der Waals surface area (Å²) in [6.45, 7) is 4.18. The van der Waals surface area contributed by atoms with Crippen LogP contribution >= 0.6 is 0 Å². The van der Waals surface area contributed by atoms with Crippen molar-refractivity contribution in [1.29, 1.82) is 0 Å². The van der Waals surface area contributed by atoms with Gasteiger partial charge in [0.25, 0.3) is 0 Å². The molecule has 0 amide bonds.